The molecule has 2 heterocycles. The monoisotopic (exact) mass is 558 g/mol. The van der Waals surface area contributed by atoms with Gasteiger partial charge in [0.05, 0.1) is 20.8 Å². The van der Waals surface area contributed by atoms with Crippen molar-refractivity contribution in [2.24, 2.45) is 0 Å². The number of benzene rings is 2. The fourth-order valence-electron chi connectivity index (χ4n) is 4.04. The summed E-state index contributed by atoms with van der Waals surface area (Å²) >= 11 is 1.71. The van der Waals surface area contributed by atoms with E-state index < -0.39 is 0 Å². The van der Waals surface area contributed by atoms with Gasteiger partial charge in [0.2, 0.25) is 0 Å². The maximum absolute atomic E-state index is 12.6. The standard InChI is InChI=1S/C31H34N4O4S/c1-22(2)35-30(25-15-17-32-18-16-25)33-34-31(35)40-20-6-5-19-39-26-11-9-24(10-12-26)27(36)13-7-23-8-14-28(37-3)29(21-23)38-4/h7-18,21-22H,5-6,19-20H2,1-4H3/b13-7+. The summed E-state index contributed by atoms with van der Waals surface area (Å²) in [5.74, 6) is 3.71. The Bertz CT molecular complexity index is 1420. The van der Waals surface area contributed by atoms with Gasteiger partial charge in [-0.3, -0.25) is 14.3 Å². The van der Waals surface area contributed by atoms with Crippen LogP contribution in [0.1, 0.15) is 48.7 Å². The van der Waals surface area contributed by atoms with E-state index in [1.165, 1.54) is 0 Å². The number of aromatic nitrogens is 4. The maximum Gasteiger partial charge on any atom is 0.191 e. The lowest BCUT2D eigenvalue weighted by Crippen LogP contribution is -2.05. The molecule has 0 radical (unpaired) electrons. The van der Waals surface area contributed by atoms with Crippen LogP contribution < -0.4 is 14.2 Å². The zero-order valence-corrected chi connectivity index (χ0v) is 24.1. The van der Waals surface area contributed by atoms with E-state index >= 15 is 0 Å². The van der Waals surface area contributed by atoms with Crippen LogP contribution in [-0.4, -0.2) is 52.1 Å². The van der Waals surface area contributed by atoms with Gasteiger partial charge in [0.15, 0.2) is 28.3 Å². The van der Waals surface area contributed by atoms with Crippen LogP contribution in [0.3, 0.4) is 0 Å². The van der Waals surface area contributed by atoms with Gasteiger partial charge in [-0.25, -0.2) is 0 Å². The molecule has 40 heavy (non-hydrogen) atoms. The number of rotatable bonds is 14. The molecule has 0 bridgehead atoms. The molecular weight excluding hydrogens is 524 g/mol. The quantitative estimate of drug-likeness (QED) is 0.0724. The molecule has 0 aliphatic carbocycles. The Kier molecular flexibility index (Phi) is 10.3. The van der Waals surface area contributed by atoms with E-state index in [1.54, 1.807) is 62.7 Å². The number of hydrogen-bond donors (Lipinski definition) is 0. The van der Waals surface area contributed by atoms with Gasteiger partial charge < -0.3 is 14.2 Å². The van der Waals surface area contributed by atoms with Crippen molar-refractivity contribution in [1.82, 2.24) is 19.7 Å². The van der Waals surface area contributed by atoms with E-state index in [2.05, 4.69) is 33.6 Å². The van der Waals surface area contributed by atoms with Gasteiger partial charge >= 0.3 is 0 Å². The van der Waals surface area contributed by atoms with Crippen molar-refractivity contribution in [2.75, 3.05) is 26.6 Å². The first kappa shape index (κ1) is 28.9. The van der Waals surface area contributed by atoms with Crippen LogP contribution in [0.15, 0.2) is 78.2 Å². The number of carbonyl (C=O) groups is 1. The molecule has 2 aromatic carbocycles. The molecule has 0 unspecified atom stereocenters. The molecule has 4 aromatic rings. The number of allylic oxidation sites excluding steroid dienone is 1. The summed E-state index contributed by atoms with van der Waals surface area (Å²) in [7, 11) is 3.17. The predicted molar refractivity (Wildman–Crippen MR) is 158 cm³/mol. The Morgan fingerprint density at radius 3 is 2.40 bits per heavy atom. The predicted octanol–water partition coefficient (Wildman–Crippen LogP) is 6.79. The first-order chi connectivity index (χ1) is 19.5. The number of ether oxygens (including phenoxy) is 3. The van der Waals surface area contributed by atoms with Crippen molar-refractivity contribution >= 4 is 23.6 Å². The van der Waals surface area contributed by atoms with Crippen LogP contribution >= 0.6 is 11.8 Å². The van der Waals surface area contributed by atoms with Crippen LogP contribution in [0, 0.1) is 0 Å². The lowest BCUT2D eigenvalue weighted by atomic mass is 10.1. The van der Waals surface area contributed by atoms with Gasteiger partial charge in [0.25, 0.3) is 0 Å². The summed E-state index contributed by atoms with van der Waals surface area (Å²) in [6.07, 6.45) is 8.75. The topological polar surface area (TPSA) is 88.4 Å². The van der Waals surface area contributed by atoms with E-state index in [4.69, 9.17) is 14.2 Å². The number of methoxy groups -OCH3 is 2. The Balaban J connectivity index is 1.21. The lowest BCUT2D eigenvalue weighted by molar-refractivity contribution is 0.104. The molecule has 0 fully saturated rings. The van der Waals surface area contributed by atoms with Crippen LogP contribution in [0.25, 0.3) is 17.5 Å². The molecule has 0 saturated carbocycles. The molecule has 4 rings (SSSR count). The molecule has 9 heteroatoms. The van der Waals surface area contributed by atoms with Gasteiger partial charge in [-0.1, -0.05) is 23.9 Å². The number of carbonyl (C=O) groups excluding carboxylic acids is 1. The van der Waals surface area contributed by atoms with Crippen molar-refractivity contribution in [2.45, 2.75) is 37.9 Å². The molecule has 2 aromatic heterocycles. The van der Waals surface area contributed by atoms with Crippen molar-refractivity contribution in [3.63, 3.8) is 0 Å². The van der Waals surface area contributed by atoms with Crippen LogP contribution in [0.4, 0.5) is 0 Å². The van der Waals surface area contributed by atoms with Gasteiger partial charge in [0, 0.05) is 35.3 Å². The molecule has 0 saturated heterocycles. The summed E-state index contributed by atoms with van der Waals surface area (Å²) in [6, 6.07) is 16.9. The molecular formula is C31H34N4O4S. The summed E-state index contributed by atoms with van der Waals surface area (Å²) in [5, 5.41) is 9.77. The number of nitrogens with zero attached hydrogens (tertiary/aromatic N) is 4. The Morgan fingerprint density at radius 2 is 1.70 bits per heavy atom. The molecule has 0 N–H and O–H groups in total. The highest BCUT2D eigenvalue weighted by atomic mass is 32.2. The second kappa shape index (κ2) is 14.3. The fraction of sp³-hybridized carbons (Fsp3) is 0.290. The van der Waals surface area contributed by atoms with Crippen LogP contribution in [0.5, 0.6) is 17.2 Å². The minimum atomic E-state index is -0.0836. The fourth-order valence-corrected chi connectivity index (χ4v) is 5.10. The second-order valence-corrected chi connectivity index (χ2v) is 10.3. The molecule has 0 aliphatic rings. The smallest absolute Gasteiger partial charge is 0.191 e. The van der Waals surface area contributed by atoms with Crippen molar-refractivity contribution in [1.29, 1.82) is 0 Å². The zero-order chi connectivity index (χ0) is 28.3. The van der Waals surface area contributed by atoms with E-state index in [-0.39, 0.29) is 11.8 Å². The Labute approximate surface area is 239 Å². The number of pyridine rings is 1. The SMILES string of the molecule is COc1ccc(/C=C/C(=O)c2ccc(OCCCCSc3nnc(-c4ccncc4)n3C(C)C)cc2)cc1OC. The third kappa shape index (κ3) is 7.51. The van der Waals surface area contributed by atoms with Crippen LogP contribution in [0.2, 0.25) is 0 Å². The molecule has 0 spiro atoms. The number of thioether (sulfide) groups is 1. The molecule has 0 atom stereocenters. The van der Waals surface area contributed by atoms with Crippen molar-refractivity contribution in [3.8, 4) is 28.6 Å². The van der Waals surface area contributed by atoms with E-state index in [0.717, 1.165) is 46.5 Å². The number of ketones is 1. The first-order valence-corrected chi connectivity index (χ1v) is 14.1. The largest absolute Gasteiger partial charge is 0.494 e. The maximum atomic E-state index is 12.6. The molecule has 0 amide bonds. The summed E-state index contributed by atoms with van der Waals surface area (Å²) < 4.78 is 18.6. The minimum Gasteiger partial charge on any atom is -0.494 e. The molecule has 0 aliphatic heterocycles. The van der Waals surface area contributed by atoms with E-state index in [1.807, 2.05) is 42.5 Å². The van der Waals surface area contributed by atoms with Gasteiger partial charge in [-0.2, -0.15) is 0 Å². The van der Waals surface area contributed by atoms with Crippen molar-refractivity contribution < 1.29 is 19.0 Å². The normalized spacial score (nSPS) is 11.2. The Morgan fingerprint density at radius 1 is 0.950 bits per heavy atom. The average molecular weight is 559 g/mol. The zero-order valence-electron chi connectivity index (χ0n) is 23.2. The Hall–Kier alpha value is -4.11. The molecule has 8 nitrogen and oxygen atoms in total. The van der Waals surface area contributed by atoms with Gasteiger partial charge in [0.1, 0.15) is 5.75 Å². The summed E-state index contributed by atoms with van der Waals surface area (Å²) in [5.41, 5.74) is 2.46. The van der Waals surface area contributed by atoms with Crippen molar-refractivity contribution in [3.05, 3.63) is 84.2 Å². The number of hydrogen-bond acceptors (Lipinski definition) is 8. The second-order valence-electron chi connectivity index (χ2n) is 9.25. The van der Waals surface area contributed by atoms with Crippen LogP contribution in [-0.2, 0) is 0 Å². The third-order valence-corrected chi connectivity index (χ3v) is 7.16. The summed E-state index contributed by atoms with van der Waals surface area (Å²) in [6.45, 7) is 4.88. The minimum absolute atomic E-state index is 0.0836. The van der Waals surface area contributed by atoms with E-state index in [9.17, 15) is 4.79 Å². The average Bonchev–Trinajstić information content (AvgIpc) is 3.42. The highest BCUT2D eigenvalue weighted by molar-refractivity contribution is 7.99. The van der Waals surface area contributed by atoms with Gasteiger partial charge in [-0.05, 0) is 86.9 Å². The highest BCUT2D eigenvalue weighted by Gasteiger charge is 2.16. The van der Waals surface area contributed by atoms with Gasteiger partial charge in [-0.15, -0.1) is 10.2 Å². The third-order valence-electron chi connectivity index (χ3n) is 6.13. The highest BCUT2D eigenvalue weighted by Crippen LogP contribution is 2.29. The van der Waals surface area contributed by atoms with E-state index in [0.29, 0.717) is 23.7 Å². The summed E-state index contributed by atoms with van der Waals surface area (Å²) in [4.78, 5) is 16.7. The number of unbranched alkanes of at least 4 members (excludes halogenated alkanes) is 1. The lowest BCUT2D eigenvalue weighted by Gasteiger charge is -2.13. The molecule has 208 valence electrons. The first-order valence-electron chi connectivity index (χ1n) is 13.2.